The molecule has 0 saturated carbocycles. The highest BCUT2D eigenvalue weighted by atomic mass is 32.2. The summed E-state index contributed by atoms with van der Waals surface area (Å²) in [6.07, 6.45) is 0. The van der Waals surface area contributed by atoms with Gasteiger partial charge in [0.2, 0.25) is 0 Å². The smallest absolute Gasteiger partial charge is 0.119 e. The number of hydrogen-bond donors (Lipinski definition) is 0. The maximum atomic E-state index is 5.43. The first kappa shape index (κ1) is 13.0. The molecule has 0 bridgehead atoms. The highest BCUT2D eigenvalue weighted by molar-refractivity contribution is 7.99. The molecule has 0 amide bonds. The van der Waals surface area contributed by atoms with Gasteiger partial charge in [-0.25, -0.2) is 0 Å². The van der Waals surface area contributed by atoms with Crippen LogP contribution >= 0.6 is 11.8 Å². The molecule has 0 aliphatic carbocycles. The van der Waals surface area contributed by atoms with E-state index in [4.69, 9.17) is 4.74 Å². The van der Waals surface area contributed by atoms with E-state index >= 15 is 0 Å². The van der Waals surface area contributed by atoms with Crippen LogP contribution in [0.5, 0.6) is 5.75 Å². The molecule has 2 aromatic carbocycles. The first-order chi connectivity index (χ1) is 10.3. The van der Waals surface area contributed by atoms with Gasteiger partial charge in [-0.2, -0.15) is 0 Å². The van der Waals surface area contributed by atoms with E-state index in [1.807, 2.05) is 11.8 Å². The number of nitrogens with zero attached hydrogens (tertiary/aromatic N) is 1. The fourth-order valence-corrected chi connectivity index (χ4v) is 4.28. The molecule has 0 atom stereocenters. The van der Waals surface area contributed by atoms with Crippen LogP contribution in [0, 0.1) is 0 Å². The van der Waals surface area contributed by atoms with Crippen molar-refractivity contribution in [3.05, 3.63) is 53.6 Å². The minimum atomic E-state index is 0.932. The molecule has 21 heavy (non-hydrogen) atoms. The van der Waals surface area contributed by atoms with Gasteiger partial charge in [-0.15, -0.1) is 0 Å². The average molecular weight is 295 g/mol. The third-order valence-corrected chi connectivity index (χ3v) is 5.32. The molecular formula is C18H17NOS. The molecule has 0 unspecified atom stereocenters. The Balaban J connectivity index is 1.98. The molecule has 2 nitrogen and oxygen atoms in total. The SMILES string of the molecule is COc1ccc2c(c1)C1=C(CN(C)C1)c1ccccc1S2. The minimum Gasteiger partial charge on any atom is -0.497 e. The summed E-state index contributed by atoms with van der Waals surface area (Å²) in [5, 5.41) is 0. The van der Waals surface area contributed by atoms with Crippen LogP contribution < -0.4 is 4.74 Å². The maximum absolute atomic E-state index is 5.43. The molecule has 106 valence electrons. The zero-order valence-corrected chi connectivity index (χ0v) is 13.0. The second kappa shape index (κ2) is 4.93. The summed E-state index contributed by atoms with van der Waals surface area (Å²) in [7, 11) is 3.92. The van der Waals surface area contributed by atoms with E-state index in [0.717, 1.165) is 18.8 Å². The Morgan fingerprint density at radius 3 is 2.48 bits per heavy atom. The van der Waals surface area contributed by atoms with Crippen molar-refractivity contribution >= 4 is 22.9 Å². The molecule has 2 aromatic rings. The van der Waals surface area contributed by atoms with Gasteiger partial charge in [0.05, 0.1) is 7.11 Å². The molecule has 3 heteroatoms. The summed E-state index contributed by atoms with van der Waals surface area (Å²) in [5.41, 5.74) is 5.63. The van der Waals surface area contributed by atoms with Crippen LogP contribution in [0.25, 0.3) is 11.1 Å². The van der Waals surface area contributed by atoms with Gasteiger partial charge in [0.1, 0.15) is 5.75 Å². The normalized spacial score (nSPS) is 17.0. The second-order valence-electron chi connectivity index (χ2n) is 5.59. The van der Waals surface area contributed by atoms with Crippen molar-refractivity contribution in [1.82, 2.24) is 4.90 Å². The van der Waals surface area contributed by atoms with E-state index in [9.17, 15) is 0 Å². The van der Waals surface area contributed by atoms with Crippen molar-refractivity contribution in [2.45, 2.75) is 9.79 Å². The van der Waals surface area contributed by atoms with Crippen molar-refractivity contribution in [3.8, 4) is 5.75 Å². The van der Waals surface area contributed by atoms with Crippen LogP contribution in [0.15, 0.2) is 52.3 Å². The number of hydrogen-bond acceptors (Lipinski definition) is 3. The van der Waals surface area contributed by atoms with E-state index in [1.165, 1.54) is 32.1 Å². The zero-order chi connectivity index (χ0) is 14.4. The Morgan fingerprint density at radius 1 is 0.952 bits per heavy atom. The van der Waals surface area contributed by atoms with Crippen molar-refractivity contribution < 1.29 is 4.74 Å². The lowest BCUT2D eigenvalue weighted by Gasteiger charge is -2.13. The van der Waals surface area contributed by atoms with Crippen molar-refractivity contribution in [1.29, 1.82) is 0 Å². The van der Waals surface area contributed by atoms with Crippen molar-refractivity contribution in [3.63, 3.8) is 0 Å². The van der Waals surface area contributed by atoms with Crippen LogP contribution in [0.1, 0.15) is 11.1 Å². The third-order valence-electron chi connectivity index (χ3n) is 4.16. The largest absolute Gasteiger partial charge is 0.497 e. The molecule has 2 heterocycles. The van der Waals surface area contributed by atoms with Gasteiger partial charge in [-0.05, 0) is 53.6 Å². The Labute approximate surface area is 129 Å². The highest BCUT2D eigenvalue weighted by Crippen LogP contribution is 2.47. The van der Waals surface area contributed by atoms with Crippen LogP contribution in [0.4, 0.5) is 0 Å². The van der Waals surface area contributed by atoms with E-state index in [1.54, 1.807) is 7.11 Å². The maximum Gasteiger partial charge on any atom is 0.119 e. The predicted octanol–water partition coefficient (Wildman–Crippen LogP) is 4.02. The van der Waals surface area contributed by atoms with Gasteiger partial charge in [0.25, 0.3) is 0 Å². The lowest BCUT2D eigenvalue weighted by atomic mass is 9.97. The van der Waals surface area contributed by atoms with Gasteiger partial charge >= 0.3 is 0 Å². The fourth-order valence-electron chi connectivity index (χ4n) is 3.17. The Bertz CT molecular complexity index is 751. The van der Waals surface area contributed by atoms with Crippen molar-refractivity contribution in [2.75, 3.05) is 27.2 Å². The molecule has 0 aromatic heterocycles. The van der Waals surface area contributed by atoms with E-state index < -0.39 is 0 Å². The summed E-state index contributed by atoms with van der Waals surface area (Å²) in [6, 6.07) is 15.2. The van der Waals surface area contributed by atoms with Gasteiger partial charge in [0, 0.05) is 22.9 Å². The Hall–Kier alpha value is -1.71. The summed E-state index contributed by atoms with van der Waals surface area (Å²) >= 11 is 1.86. The quantitative estimate of drug-likeness (QED) is 0.788. The number of benzene rings is 2. The molecule has 2 aliphatic heterocycles. The average Bonchev–Trinajstić information content (AvgIpc) is 2.84. The van der Waals surface area contributed by atoms with Crippen LogP contribution in [0.3, 0.4) is 0 Å². The molecule has 0 radical (unpaired) electrons. The molecule has 4 rings (SSSR count). The topological polar surface area (TPSA) is 12.5 Å². The van der Waals surface area contributed by atoms with Crippen LogP contribution in [-0.2, 0) is 0 Å². The minimum absolute atomic E-state index is 0.932. The predicted molar refractivity (Wildman–Crippen MR) is 87.9 cm³/mol. The summed E-state index contributed by atoms with van der Waals surface area (Å²) in [4.78, 5) is 5.05. The zero-order valence-electron chi connectivity index (χ0n) is 12.2. The van der Waals surface area contributed by atoms with Crippen LogP contribution in [-0.4, -0.2) is 32.1 Å². The molecule has 0 N–H and O–H groups in total. The number of ether oxygens (including phenoxy) is 1. The van der Waals surface area contributed by atoms with Gasteiger partial charge in [-0.1, -0.05) is 30.0 Å². The van der Waals surface area contributed by atoms with Crippen molar-refractivity contribution in [2.24, 2.45) is 0 Å². The monoisotopic (exact) mass is 295 g/mol. The van der Waals surface area contributed by atoms with E-state index in [0.29, 0.717) is 0 Å². The fraction of sp³-hybridized carbons (Fsp3) is 0.222. The Kier molecular flexibility index (Phi) is 3.05. The molecular weight excluding hydrogens is 278 g/mol. The third kappa shape index (κ3) is 2.08. The highest BCUT2D eigenvalue weighted by Gasteiger charge is 2.28. The first-order valence-corrected chi connectivity index (χ1v) is 7.94. The lowest BCUT2D eigenvalue weighted by molar-refractivity contribution is 0.414. The van der Waals surface area contributed by atoms with E-state index in [-0.39, 0.29) is 0 Å². The molecule has 0 saturated heterocycles. The first-order valence-electron chi connectivity index (χ1n) is 7.12. The molecule has 0 spiro atoms. The summed E-state index contributed by atoms with van der Waals surface area (Å²) in [5.74, 6) is 0.932. The van der Waals surface area contributed by atoms with Gasteiger partial charge in [-0.3, -0.25) is 4.90 Å². The van der Waals surface area contributed by atoms with Gasteiger partial charge < -0.3 is 4.74 Å². The van der Waals surface area contributed by atoms with Gasteiger partial charge in [0.15, 0.2) is 0 Å². The molecule has 0 fully saturated rings. The van der Waals surface area contributed by atoms with Crippen LogP contribution in [0.2, 0.25) is 0 Å². The number of methoxy groups -OCH3 is 1. The summed E-state index contributed by atoms with van der Waals surface area (Å²) < 4.78 is 5.43. The lowest BCUT2D eigenvalue weighted by Crippen LogP contribution is -2.14. The van der Waals surface area contributed by atoms with E-state index in [2.05, 4.69) is 54.4 Å². The molecule has 2 aliphatic rings. The number of rotatable bonds is 1. The standard InChI is InChI=1S/C18H17NOS/c1-19-10-15-13-5-3-4-6-17(13)21-18-8-7-12(20-2)9-14(18)16(15)11-19/h3-9H,10-11H2,1-2H3. The second-order valence-corrected chi connectivity index (χ2v) is 6.67. The summed E-state index contributed by atoms with van der Waals surface area (Å²) in [6.45, 7) is 2.02. The number of fused-ring (bicyclic) bond motifs is 4. The number of likely N-dealkylation sites (N-methyl/N-ethyl adjacent to an activating group) is 1. The Morgan fingerprint density at radius 2 is 1.67 bits per heavy atom.